The van der Waals surface area contributed by atoms with Crippen molar-refractivity contribution in [2.75, 3.05) is 13.1 Å². The summed E-state index contributed by atoms with van der Waals surface area (Å²) < 4.78 is 0. The molecule has 0 saturated heterocycles. The molecular formula is C26H44N2O4. The lowest BCUT2D eigenvalue weighted by Crippen LogP contribution is -2.27. The minimum Gasteiger partial charge on any atom is -0.352 e. The number of amides is 2. The number of nitrogens with one attached hydrogen (secondary N) is 2. The minimum absolute atomic E-state index is 0.00869. The molecule has 0 atom stereocenters. The molecule has 0 unspecified atom stereocenters. The zero-order valence-electron chi connectivity index (χ0n) is 21.3. The highest BCUT2D eigenvalue weighted by Gasteiger charge is 2.12. The molecule has 0 saturated carbocycles. The van der Waals surface area contributed by atoms with Gasteiger partial charge in [-0.25, -0.2) is 0 Å². The van der Waals surface area contributed by atoms with Crippen molar-refractivity contribution in [3.63, 3.8) is 0 Å². The first-order valence-electron chi connectivity index (χ1n) is 11.9. The maximum atomic E-state index is 12.2. The SMILES string of the molecule is CC.CC.CC(C)C(=O)CCCNC(=O)c1cccc(C(=O)NCCCC(=O)C(C)C)c1. The zero-order valence-corrected chi connectivity index (χ0v) is 21.3. The monoisotopic (exact) mass is 448 g/mol. The van der Waals surface area contributed by atoms with Crippen molar-refractivity contribution in [3.05, 3.63) is 35.4 Å². The van der Waals surface area contributed by atoms with Crippen LogP contribution in [0.15, 0.2) is 24.3 Å². The maximum Gasteiger partial charge on any atom is 0.251 e. The highest BCUT2D eigenvalue weighted by Crippen LogP contribution is 2.07. The predicted molar refractivity (Wildman–Crippen MR) is 132 cm³/mol. The summed E-state index contributed by atoms with van der Waals surface area (Å²) in [6.45, 7) is 16.3. The Bertz CT molecular complexity index is 642. The van der Waals surface area contributed by atoms with Gasteiger partial charge in [0.2, 0.25) is 0 Å². The van der Waals surface area contributed by atoms with Crippen molar-refractivity contribution in [1.82, 2.24) is 10.6 Å². The van der Waals surface area contributed by atoms with Crippen molar-refractivity contribution in [2.45, 2.75) is 81.1 Å². The first-order valence-corrected chi connectivity index (χ1v) is 11.9. The number of hydrogen-bond acceptors (Lipinski definition) is 4. The minimum atomic E-state index is -0.269. The number of benzene rings is 1. The number of carbonyl (C=O) groups is 4. The van der Waals surface area contributed by atoms with E-state index in [0.29, 0.717) is 49.9 Å². The van der Waals surface area contributed by atoms with Crippen LogP contribution in [0.1, 0.15) is 102 Å². The van der Waals surface area contributed by atoms with E-state index in [1.54, 1.807) is 24.3 Å². The lowest BCUT2D eigenvalue weighted by Gasteiger charge is -2.09. The van der Waals surface area contributed by atoms with Gasteiger partial charge in [0, 0.05) is 48.9 Å². The van der Waals surface area contributed by atoms with Crippen molar-refractivity contribution >= 4 is 23.4 Å². The third-order valence-corrected chi connectivity index (χ3v) is 4.45. The normalized spacial score (nSPS) is 9.81. The van der Waals surface area contributed by atoms with Crippen molar-refractivity contribution in [1.29, 1.82) is 0 Å². The molecule has 2 N–H and O–H groups in total. The van der Waals surface area contributed by atoms with Crippen LogP contribution in [-0.2, 0) is 9.59 Å². The third-order valence-electron chi connectivity index (χ3n) is 4.45. The Hall–Kier alpha value is -2.50. The van der Waals surface area contributed by atoms with Gasteiger partial charge in [-0.1, -0.05) is 61.5 Å². The molecule has 0 heterocycles. The number of carbonyl (C=O) groups excluding carboxylic acids is 4. The Morgan fingerprint density at radius 3 is 1.34 bits per heavy atom. The van der Waals surface area contributed by atoms with Gasteiger partial charge in [-0.15, -0.1) is 0 Å². The number of ketones is 2. The van der Waals surface area contributed by atoms with Crippen LogP contribution in [0.4, 0.5) is 0 Å². The van der Waals surface area contributed by atoms with E-state index in [1.807, 2.05) is 55.4 Å². The summed E-state index contributed by atoms with van der Waals surface area (Å²) >= 11 is 0. The highest BCUT2D eigenvalue weighted by atomic mass is 16.2. The van der Waals surface area contributed by atoms with Gasteiger partial charge >= 0.3 is 0 Å². The summed E-state index contributed by atoms with van der Waals surface area (Å²) in [5.74, 6) is -0.154. The summed E-state index contributed by atoms with van der Waals surface area (Å²) in [4.78, 5) is 47.6. The van der Waals surface area contributed by atoms with E-state index in [4.69, 9.17) is 0 Å². The van der Waals surface area contributed by atoms with Crippen LogP contribution >= 0.6 is 0 Å². The summed E-state index contributed by atoms with van der Waals surface area (Å²) in [7, 11) is 0. The van der Waals surface area contributed by atoms with E-state index in [0.717, 1.165) is 0 Å². The molecule has 0 spiro atoms. The van der Waals surface area contributed by atoms with Gasteiger partial charge in [-0.2, -0.15) is 0 Å². The maximum absolute atomic E-state index is 12.2. The van der Waals surface area contributed by atoms with Gasteiger partial charge in [0.25, 0.3) is 11.8 Å². The highest BCUT2D eigenvalue weighted by molar-refractivity contribution is 5.99. The molecule has 2 amide bonds. The molecule has 0 aliphatic heterocycles. The van der Waals surface area contributed by atoms with Crippen molar-refractivity contribution in [3.8, 4) is 0 Å². The Balaban J connectivity index is 0. The van der Waals surface area contributed by atoms with E-state index in [9.17, 15) is 19.2 Å². The van der Waals surface area contributed by atoms with E-state index in [1.165, 1.54) is 0 Å². The van der Waals surface area contributed by atoms with Crippen LogP contribution in [0.2, 0.25) is 0 Å². The Kier molecular flexibility index (Phi) is 19.0. The fourth-order valence-electron chi connectivity index (χ4n) is 2.51. The van der Waals surface area contributed by atoms with E-state index < -0.39 is 0 Å². The molecule has 0 aliphatic rings. The zero-order chi connectivity index (χ0) is 25.1. The number of hydrogen-bond donors (Lipinski definition) is 2. The van der Waals surface area contributed by atoms with Gasteiger partial charge in [0.1, 0.15) is 11.6 Å². The van der Waals surface area contributed by atoms with Crippen LogP contribution in [0, 0.1) is 11.8 Å². The molecule has 1 rings (SSSR count). The fourth-order valence-corrected chi connectivity index (χ4v) is 2.51. The Morgan fingerprint density at radius 1 is 0.688 bits per heavy atom. The second-order valence-electron chi connectivity index (χ2n) is 7.54. The summed E-state index contributed by atoms with van der Waals surface area (Å²) in [6.07, 6.45) is 2.08. The lowest BCUT2D eigenvalue weighted by molar-refractivity contribution is -0.122. The first kappa shape index (κ1) is 31.7. The first-order chi connectivity index (χ1) is 15.2. The standard InChI is InChI=1S/C22H32N2O4.2C2H6/c1-15(2)19(25)10-6-12-23-21(27)17-8-5-9-18(14-17)22(28)24-13-7-11-20(26)16(3)4;2*1-2/h5,8-9,14-16H,6-7,10-13H2,1-4H3,(H,23,27)(H,24,28);2*1-2H3. The second-order valence-corrected chi connectivity index (χ2v) is 7.54. The molecular weight excluding hydrogens is 404 g/mol. The molecule has 6 heteroatoms. The van der Waals surface area contributed by atoms with Crippen LogP contribution < -0.4 is 10.6 Å². The summed E-state index contributed by atoms with van der Waals surface area (Å²) in [6, 6.07) is 6.50. The van der Waals surface area contributed by atoms with Crippen LogP contribution in [-0.4, -0.2) is 36.5 Å². The molecule has 32 heavy (non-hydrogen) atoms. The number of rotatable bonds is 12. The average molecular weight is 449 g/mol. The molecule has 182 valence electrons. The fraction of sp³-hybridized carbons (Fsp3) is 0.615. The van der Waals surface area contributed by atoms with Gasteiger partial charge in [-0.3, -0.25) is 19.2 Å². The van der Waals surface area contributed by atoms with Gasteiger partial charge in [-0.05, 0) is 31.0 Å². The van der Waals surface area contributed by atoms with Crippen molar-refractivity contribution in [2.24, 2.45) is 11.8 Å². The average Bonchev–Trinajstić information content (AvgIpc) is 2.81. The predicted octanol–water partition coefficient (Wildman–Crippen LogP) is 5.21. The second kappa shape index (κ2) is 19.2. The Morgan fingerprint density at radius 2 is 1.03 bits per heavy atom. The lowest BCUT2D eigenvalue weighted by atomic mass is 10.0. The smallest absolute Gasteiger partial charge is 0.251 e. The van der Waals surface area contributed by atoms with E-state index in [2.05, 4.69) is 10.6 Å². The van der Waals surface area contributed by atoms with Crippen molar-refractivity contribution < 1.29 is 19.2 Å². The quantitative estimate of drug-likeness (QED) is 0.429. The largest absolute Gasteiger partial charge is 0.352 e. The molecule has 1 aromatic rings. The van der Waals surface area contributed by atoms with Crippen LogP contribution in [0.5, 0.6) is 0 Å². The van der Waals surface area contributed by atoms with Gasteiger partial charge < -0.3 is 10.6 Å². The Labute approximate surface area is 194 Å². The summed E-state index contributed by atoms with van der Waals surface area (Å²) in [5, 5.41) is 5.55. The van der Waals surface area contributed by atoms with Gasteiger partial charge in [0.15, 0.2) is 0 Å². The topological polar surface area (TPSA) is 92.3 Å². The molecule has 0 radical (unpaired) electrons. The van der Waals surface area contributed by atoms with E-state index in [-0.39, 0.29) is 35.2 Å². The third kappa shape index (κ3) is 13.7. The molecule has 6 nitrogen and oxygen atoms in total. The molecule has 0 fully saturated rings. The van der Waals surface area contributed by atoms with Gasteiger partial charge in [0.05, 0.1) is 0 Å². The molecule has 0 bridgehead atoms. The molecule has 0 aliphatic carbocycles. The van der Waals surface area contributed by atoms with Crippen LogP contribution in [0.3, 0.4) is 0 Å². The summed E-state index contributed by atoms with van der Waals surface area (Å²) in [5.41, 5.74) is 0.802. The molecule has 1 aromatic carbocycles. The molecule has 0 aromatic heterocycles. The number of Topliss-reactive ketones (excluding diaryl/α,β-unsaturated/α-hetero) is 2. The van der Waals surface area contributed by atoms with E-state index >= 15 is 0 Å². The van der Waals surface area contributed by atoms with Crippen LogP contribution in [0.25, 0.3) is 0 Å².